The van der Waals surface area contributed by atoms with Crippen molar-refractivity contribution in [3.05, 3.63) is 46.4 Å². The third kappa shape index (κ3) is 1.99. The van der Waals surface area contributed by atoms with Crippen molar-refractivity contribution in [2.24, 2.45) is 0 Å². The molecule has 0 saturated carbocycles. The number of thiophene rings is 2. The van der Waals surface area contributed by atoms with E-state index in [9.17, 15) is 5.26 Å². The first kappa shape index (κ1) is 12.9. The molecule has 3 heterocycles. The average molecular weight is 297 g/mol. The largest absolute Gasteiger partial charge is 0.396 e. The summed E-state index contributed by atoms with van der Waals surface area (Å²) >= 11 is 3.12. The maximum absolute atomic E-state index is 9.24. The van der Waals surface area contributed by atoms with Gasteiger partial charge in [-0.05, 0) is 30.0 Å². The van der Waals surface area contributed by atoms with Crippen LogP contribution in [0.15, 0.2) is 36.0 Å². The smallest absolute Gasteiger partial charge is 0.129 e. The summed E-state index contributed by atoms with van der Waals surface area (Å²) in [5.41, 5.74) is 9.79. The van der Waals surface area contributed by atoms with Crippen LogP contribution in [0.3, 0.4) is 0 Å². The summed E-state index contributed by atoms with van der Waals surface area (Å²) in [4.78, 5) is 6.94. The molecule has 0 fully saturated rings. The lowest BCUT2D eigenvalue weighted by Crippen LogP contribution is -1.89. The van der Waals surface area contributed by atoms with Gasteiger partial charge in [0.15, 0.2) is 0 Å². The zero-order valence-electron chi connectivity index (χ0n) is 10.8. The number of hydrogen-bond donors (Lipinski definition) is 1. The fourth-order valence-corrected chi connectivity index (χ4v) is 4.28. The van der Waals surface area contributed by atoms with Crippen molar-refractivity contribution >= 4 is 28.4 Å². The molecule has 20 heavy (non-hydrogen) atoms. The maximum Gasteiger partial charge on any atom is 0.129 e. The van der Waals surface area contributed by atoms with Crippen LogP contribution in [0, 0.1) is 18.3 Å². The van der Waals surface area contributed by atoms with E-state index in [-0.39, 0.29) is 0 Å². The summed E-state index contributed by atoms with van der Waals surface area (Å²) in [5, 5.41) is 11.3. The Kier molecular flexibility index (Phi) is 3.26. The standard InChI is InChI=1S/C15H11N3S2/c1-9-4-6-19-14(9)15-12(10-3-2-5-18-8-10)13(17)11(7-16)20-15/h2-6,8H,17H2,1H3. The molecule has 0 bridgehead atoms. The van der Waals surface area contributed by atoms with Crippen LogP contribution in [0.1, 0.15) is 10.4 Å². The van der Waals surface area contributed by atoms with E-state index in [1.165, 1.54) is 21.8 Å². The minimum Gasteiger partial charge on any atom is -0.396 e. The topological polar surface area (TPSA) is 62.7 Å². The van der Waals surface area contributed by atoms with Crippen LogP contribution >= 0.6 is 22.7 Å². The molecule has 98 valence electrons. The molecule has 2 N–H and O–H groups in total. The molecule has 3 rings (SSSR count). The Hall–Kier alpha value is -2.16. The number of aryl methyl sites for hydroxylation is 1. The van der Waals surface area contributed by atoms with Gasteiger partial charge in [-0.25, -0.2) is 0 Å². The highest BCUT2D eigenvalue weighted by Crippen LogP contribution is 2.46. The number of aromatic nitrogens is 1. The second kappa shape index (κ2) is 5.08. The lowest BCUT2D eigenvalue weighted by molar-refractivity contribution is 1.33. The van der Waals surface area contributed by atoms with Gasteiger partial charge in [-0.2, -0.15) is 5.26 Å². The monoisotopic (exact) mass is 297 g/mol. The third-order valence-corrected chi connectivity index (χ3v) is 5.36. The Morgan fingerprint density at radius 2 is 2.15 bits per heavy atom. The second-order valence-corrected chi connectivity index (χ2v) is 6.27. The van der Waals surface area contributed by atoms with Gasteiger partial charge in [0.2, 0.25) is 0 Å². The van der Waals surface area contributed by atoms with Gasteiger partial charge in [0, 0.05) is 28.4 Å². The summed E-state index contributed by atoms with van der Waals surface area (Å²) in [6, 6.07) is 8.11. The maximum atomic E-state index is 9.24. The quantitative estimate of drug-likeness (QED) is 0.767. The molecule has 0 amide bonds. The van der Waals surface area contributed by atoms with E-state index in [4.69, 9.17) is 5.73 Å². The number of rotatable bonds is 2. The zero-order chi connectivity index (χ0) is 14.1. The van der Waals surface area contributed by atoms with E-state index < -0.39 is 0 Å². The first-order chi connectivity index (χ1) is 9.72. The fraction of sp³-hybridized carbons (Fsp3) is 0.0667. The molecule has 0 atom stereocenters. The first-order valence-corrected chi connectivity index (χ1v) is 7.69. The second-order valence-electron chi connectivity index (χ2n) is 4.34. The molecule has 0 unspecified atom stereocenters. The minimum atomic E-state index is 0.549. The molecule has 0 aliphatic heterocycles. The van der Waals surface area contributed by atoms with E-state index >= 15 is 0 Å². The number of pyridine rings is 1. The van der Waals surface area contributed by atoms with E-state index in [1.54, 1.807) is 23.7 Å². The summed E-state index contributed by atoms with van der Waals surface area (Å²) in [7, 11) is 0. The van der Waals surface area contributed by atoms with Crippen molar-refractivity contribution in [2.45, 2.75) is 6.92 Å². The summed E-state index contributed by atoms with van der Waals surface area (Å²) in [6.45, 7) is 2.07. The van der Waals surface area contributed by atoms with E-state index in [2.05, 4.69) is 29.4 Å². The van der Waals surface area contributed by atoms with Gasteiger partial charge in [-0.3, -0.25) is 4.98 Å². The van der Waals surface area contributed by atoms with E-state index in [0.29, 0.717) is 10.6 Å². The molecule has 0 saturated heterocycles. The van der Waals surface area contributed by atoms with Gasteiger partial charge in [-0.15, -0.1) is 22.7 Å². The number of nitrogens with zero attached hydrogens (tertiary/aromatic N) is 2. The molecule has 3 aromatic heterocycles. The predicted molar refractivity (Wildman–Crippen MR) is 84.7 cm³/mol. The van der Waals surface area contributed by atoms with Crippen LogP contribution in [0.2, 0.25) is 0 Å². The van der Waals surface area contributed by atoms with Crippen LogP contribution in [-0.4, -0.2) is 4.98 Å². The zero-order valence-corrected chi connectivity index (χ0v) is 12.4. The molecule has 0 spiro atoms. The van der Waals surface area contributed by atoms with Gasteiger partial charge in [0.05, 0.1) is 10.6 Å². The van der Waals surface area contributed by atoms with Crippen LogP contribution in [0.25, 0.3) is 20.9 Å². The number of nitriles is 1. The Balaban J connectivity index is 2.31. The Bertz CT molecular complexity index is 794. The number of nitrogen functional groups attached to an aromatic ring is 1. The van der Waals surface area contributed by atoms with Crippen molar-refractivity contribution in [2.75, 3.05) is 5.73 Å². The minimum absolute atomic E-state index is 0.549. The molecule has 5 heteroatoms. The number of hydrogen-bond acceptors (Lipinski definition) is 5. The molecule has 0 aliphatic rings. The summed E-state index contributed by atoms with van der Waals surface area (Å²) < 4.78 is 0. The van der Waals surface area contributed by atoms with E-state index in [1.807, 2.05) is 12.1 Å². The van der Waals surface area contributed by atoms with Crippen LogP contribution in [0.5, 0.6) is 0 Å². The van der Waals surface area contributed by atoms with Crippen LogP contribution in [0.4, 0.5) is 5.69 Å². The number of anilines is 1. The van der Waals surface area contributed by atoms with Gasteiger partial charge >= 0.3 is 0 Å². The van der Waals surface area contributed by atoms with Crippen LogP contribution in [-0.2, 0) is 0 Å². The lowest BCUT2D eigenvalue weighted by atomic mass is 10.0. The van der Waals surface area contributed by atoms with Gasteiger partial charge in [0.25, 0.3) is 0 Å². The van der Waals surface area contributed by atoms with Crippen LogP contribution < -0.4 is 5.73 Å². The Morgan fingerprint density at radius 3 is 2.75 bits per heavy atom. The molecule has 0 aromatic carbocycles. The summed E-state index contributed by atoms with van der Waals surface area (Å²) in [6.07, 6.45) is 3.51. The van der Waals surface area contributed by atoms with Crippen molar-refractivity contribution in [3.8, 4) is 27.0 Å². The fourth-order valence-electron chi connectivity index (χ4n) is 2.09. The lowest BCUT2D eigenvalue weighted by Gasteiger charge is -2.04. The van der Waals surface area contributed by atoms with Gasteiger partial charge < -0.3 is 5.73 Å². The average Bonchev–Trinajstić information content (AvgIpc) is 3.03. The summed E-state index contributed by atoms with van der Waals surface area (Å²) in [5.74, 6) is 0. The van der Waals surface area contributed by atoms with Crippen molar-refractivity contribution < 1.29 is 0 Å². The third-order valence-electron chi connectivity index (χ3n) is 3.07. The van der Waals surface area contributed by atoms with Crippen molar-refractivity contribution in [1.82, 2.24) is 4.98 Å². The molecular weight excluding hydrogens is 286 g/mol. The van der Waals surface area contributed by atoms with E-state index in [0.717, 1.165) is 16.0 Å². The predicted octanol–water partition coefficient (Wildman–Crippen LogP) is 4.30. The molecule has 0 radical (unpaired) electrons. The highest BCUT2D eigenvalue weighted by molar-refractivity contribution is 7.22. The normalized spacial score (nSPS) is 10.4. The first-order valence-electron chi connectivity index (χ1n) is 5.99. The van der Waals surface area contributed by atoms with Gasteiger partial charge in [-0.1, -0.05) is 6.07 Å². The number of nitrogens with two attached hydrogens (primary N) is 1. The Morgan fingerprint density at radius 1 is 1.30 bits per heavy atom. The molecular formula is C15H11N3S2. The molecule has 0 aliphatic carbocycles. The highest BCUT2D eigenvalue weighted by atomic mass is 32.1. The van der Waals surface area contributed by atoms with Crippen molar-refractivity contribution in [3.63, 3.8) is 0 Å². The van der Waals surface area contributed by atoms with Crippen molar-refractivity contribution in [1.29, 1.82) is 5.26 Å². The van der Waals surface area contributed by atoms with Gasteiger partial charge in [0.1, 0.15) is 10.9 Å². The SMILES string of the molecule is Cc1ccsc1-c1sc(C#N)c(N)c1-c1cccnc1. The highest BCUT2D eigenvalue weighted by Gasteiger charge is 2.20. The molecule has 3 nitrogen and oxygen atoms in total. The molecule has 3 aromatic rings. The Labute approximate surface area is 125 Å².